The highest BCUT2D eigenvalue weighted by atomic mass is 35.5. The molecule has 0 aromatic heterocycles. The Balaban J connectivity index is 1.82. The van der Waals surface area contributed by atoms with Crippen molar-refractivity contribution in [1.82, 2.24) is 10.6 Å². The molecule has 2 atom stereocenters. The number of ether oxygens (including phenoxy) is 1. The molecule has 29 heavy (non-hydrogen) atoms. The number of ketones is 1. The average molecular weight is 411 g/mol. The van der Waals surface area contributed by atoms with Crippen molar-refractivity contribution in [3.63, 3.8) is 0 Å². The van der Waals surface area contributed by atoms with Gasteiger partial charge >= 0.3 is 5.97 Å². The summed E-state index contributed by atoms with van der Waals surface area (Å²) in [5, 5.41) is 6.53. The van der Waals surface area contributed by atoms with Crippen LogP contribution in [0.1, 0.15) is 22.8 Å². The summed E-state index contributed by atoms with van der Waals surface area (Å²) >= 11 is 5.97. The molecule has 2 unspecified atom stereocenters. The van der Waals surface area contributed by atoms with E-state index in [0.717, 1.165) is 16.8 Å². The lowest BCUT2D eigenvalue weighted by Crippen LogP contribution is -2.36. The van der Waals surface area contributed by atoms with Gasteiger partial charge in [0.15, 0.2) is 5.78 Å². The van der Waals surface area contributed by atoms with Gasteiger partial charge in [-0.05, 0) is 36.3 Å². The van der Waals surface area contributed by atoms with Crippen molar-refractivity contribution >= 4 is 23.4 Å². The summed E-state index contributed by atoms with van der Waals surface area (Å²) in [6, 6.07) is 7.43. The van der Waals surface area contributed by atoms with Gasteiger partial charge in [0.05, 0.1) is 17.9 Å². The number of hydrogen-bond acceptors (Lipinski definition) is 5. The molecule has 3 aliphatic rings. The van der Waals surface area contributed by atoms with Gasteiger partial charge in [0, 0.05) is 30.2 Å². The van der Waals surface area contributed by atoms with Crippen molar-refractivity contribution in [2.45, 2.75) is 12.8 Å². The van der Waals surface area contributed by atoms with Crippen LogP contribution >= 0.6 is 11.6 Å². The van der Waals surface area contributed by atoms with E-state index < -0.39 is 11.4 Å². The van der Waals surface area contributed by atoms with E-state index >= 15 is 0 Å². The predicted molar refractivity (Wildman–Crippen MR) is 112 cm³/mol. The van der Waals surface area contributed by atoms with Gasteiger partial charge in [0.2, 0.25) is 0 Å². The Hall–Kier alpha value is -2.79. The van der Waals surface area contributed by atoms with E-state index in [1.54, 1.807) is 6.92 Å². The van der Waals surface area contributed by atoms with E-state index in [1.807, 2.05) is 54.6 Å². The molecule has 1 spiro atoms. The number of Topliss-reactive ketones (excluding diaryl/α,β-unsaturated/α-hetero) is 1. The Morgan fingerprint density at radius 1 is 1.31 bits per heavy atom. The number of carbonyl (C=O) groups is 2. The number of hydrogen-bond donors (Lipinski definition) is 2. The zero-order chi connectivity index (χ0) is 20.4. The fourth-order valence-electron chi connectivity index (χ4n) is 4.34. The monoisotopic (exact) mass is 410 g/mol. The van der Waals surface area contributed by atoms with E-state index in [9.17, 15) is 9.59 Å². The molecule has 2 heterocycles. The number of allylic oxidation sites excluding steroid dienone is 4. The number of esters is 1. The highest BCUT2D eigenvalue weighted by molar-refractivity contribution is 6.17. The maximum atomic E-state index is 13.6. The van der Waals surface area contributed by atoms with Crippen LogP contribution in [0.15, 0.2) is 71.6 Å². The zero-order valence-corrected chi connectivity index (χ0v) is 17.0. The van der Waals surface area contributed by atoms with Gasteiger partial charge in [0.1, 0.15) is 5.70 Å². The molecule has 1 saturated heterocycles. The first-order valence-electron chi connectivity index (χ1n) is 9.76. The minimum absolute atomic E-state index is 0.0235. The van der Waals surface area contributed by atoms with Crippen LogP contribution in [0.25, 0.3) is 0 Å². The molecular formula is C23H23ClN2O3. The Kier molecular flexibility index (Phi) is 5.33. The lowest BCUT2D eigenvalue weighted by Gasteiger charge is -2.35. The summed E-state index contributed by atoms with van der Waals surface area (Å²) in [6.45, 7) is 3.04. The second-order valence-corrected chi connectivity index (χ2v) is 7.53. The molecular weight excluding hydrogens is 388 g/mol. The molecule has 1 aromatic rings. The minimum Gasteiger partial charge on any atom is -0.461 e. The third-order valence-electron chi connectivity index (χ3n) is 5.67. The lowest BCUT2D eigenvalue weighted by atomic mass is 9.65. The third-order valence-corrected chi connectivity index (χ3v) is 5.98. The fraction of sp³-hybridized carbons (Fsp3) is 0.304. The Labute approximate surface area is 175 Å². The normalized spacial score (nSPS) is 24.6. The van der Waals surface area contributed by atoms with Crippen LogP contribution < -0.4 is 10.6 Å². The number of benzene rings is 1. The van der Waals surface area contributed by atoms with Gasteiger partial charge in [-0.3, -0.25) is 4.79 Å². The van der Waals surface area contributed by atoms with Gasteiger partial charge in [-0.15, -0.1) is 11.6 Å². The van der Waals surface area contributed by atoms with Crippen molar-refractivity contribution in [2.75, 3.05) is 19.7 Å². The molecule has 0 bridgehead atoms. The molecule has 0 saturated carbocycles. The van der Waals surface area contributed by atoms with Crippen LogP contribution in [0.5, 0.6) is 0 Å². The van der Waals surface area contributed by atoms with Crippen molar-refractivity contribution in [2.24, 2.45) is 11.3 Å². The smallest absolute Gasteiger partial charge is 0.354 e. The van der Waals surface area contributed by atoms with Crippen molar-refractivity contribution < 1.29 is 14.3 Å². The lowest BCUT2D eigenvalue weighted by molar-refractivity contribution is -0.139. The molecule has 1 fully saturated rings. The van der Waals surface area contributed by atoms with Gasteiger partial charge in [-0.1, -0.05) is 36.4 Å². The maximum absolute atomic E-state index is 13.6. The summed E-state index contributed by atoms with van der Waals surface area (Å²) < 4.78 is 5.22. The number of nitrogens with one attached hydrogen (secondary N) is 2. The summed E-state index contributed by atoms with van der Waals surface area (Å²) in [5.74, 6) is -0.423. The molecule has 0 amide bonds. The standard InChI is InChI=1S/C23H23ClN2O3/c1-2-29-22(28)19-12-23-17(9-10-25-19)7-4-8-20(23)26-14-18(23)21(27)16-6-3-5-15(11-16)13-24/h3-9,11-12,18,25-26H,2,10,13-14H2,1H3. The van der Waals surface area contributed by atoms with Crippen LogP contribution in [-0.2, 0) is 15.4 Å². The molecule has 4 rings (SSSR count). The zero-order valence-electron chi connectivity index (χ0n) is 16.2. The number of rotatable bonds is 5. The van der Waals surface area contributed by atoms with Crippen molar-refractivity contribution in [3.05, 3.63) is 82.7 Å². The highest BCUT2D eigenvalue weighted by Crippen LogP contribution is 2.51. The molecule has 1 aromatic carbocycles. The second kappa shape index (κ2) is 7.91. The predicted octanol–water partition coefficient (Wildman–Crippen LogP) is 3.24. The van der Waals surface area contributed by atoms with Gasteiger partial charge in [-0.25, -0.2) is 4.79 Å². The van der Waals surface area contributed by atoms with Crippen LogP contribution in [0.2, 0.25) is 0 Å². The molecule has 5 nitrogen and oxygen atoms in total. The number of alkyl halides is 1. The SMILES string of the molecule is CCOC(=O)C1=CC23C(=CCN1)C=CC=C2NCC3C(=O)c1cccc(CCl)c1. The van der Waals surface area contributed by atoms with Crippen molar-refractivity contribution in [1.29, 1.82) is 0 Å². The largest absolute Gasteiger partial charge is 0.461 e. The Morgan fingerprint density at radius 3 is 2.97 bits per heavy atom. The van der Waals surface area contributed by atoms with E-state index in [-0.39, 0.29) is 11.7 Å². The third kappa shape index (κ3) is 3.29. The summed E-state index contributed by atoms with van der Waals surface area (Å²) in [6.07, 6.45) is 9.86. The van der Waals surface area contributed by atoms with E-state index in [1.165, 1.54) is 0 Å². The first-order chi connectivity index (χ1) is 14.1. The van der Waals surface area contributed by atoms with E-state index in [4.69, 9.17) is 16.3 Å². The van der Waals surface area contributed by atoms with Crippen LogP contribution in [0.4, 0.5) is 0 Å². The Morgan fingerprint density at radius 2 is 2.17 bits per heavy atom. The van der Waals surface area contributed by atoms with Gasteiger partial charge in [-0.2, -0.15) is 0 Å². The molecule has 2 N–H and O–H groups in total. The summed E-state index contributed by atoms with van der Waals surface area (Å²) in [5.41, 5.74) is 3.11. The minimum atomic E-state index is -0.728. The molecule has 0 radical (unpaired) electrons. The summed E-state index contributed by atoms with van der Waals surface area (Å²) in [7, 11) is 0. The van der Waals surface area contributed by atoms with Crippen LogP contribution in [-0.4, -0.2) is 31.4 Å². The summed E-state index contributed by atoms with van der Waals surface area (Å²) in [4.78, 5) is 26.1. The second-order valence-electron chi connectivity index (χ2n) is 7.26. The molecule has 150 valence electrons. The van der Waals surface area contributed by atoms with E-state index in [2.05, 4.69) is 10.6 Å². The molecule has 2 aliphatic heterocycles. The van der Waals surface area contributed by atoms with Crippen molar-refractivity contribution in [3.8, 4) is 0 Å². The topological polar surface area (TPSA) is 67.4 Å². The highest BCUT2D eigenvalue weighted by Gasteiger charge is 2.52. The first kappa shape index (κ1) is 19.5. The van der Waals surface area contributed by atoms with Gasteiger partial charge < -0.3 is 15.4 Å². The number of halogens is 1. The van der Waals surface area contributed by atoms with Crippen LogP contribution in [0, 0.1) is 11.3 Å². The van der Waals surface area contributed by atoms with Gasteiger partial charge in [0.25, 0.3) is 0 Å². The first-order valence-corrected chi connectivity index (χ1v) is 10.3. The quantitative estimate of drug-likeness (QED) is 0.443. The van der Waals surface area contributed by atoms with E-state index in [0.29, 0.717) is 36.8 Å². The fourth-order valence-corrected chi connectivity index (χ4v) is 4.51. The Bertz CT molecular complexity index is 976. The number of carbonyl (C=O) groups excluding carboxylic acids is 2. The maximum Gasteiger partial charge on any atom is 0.354 e. The molecule has 1 aliphatic carbocycles. The molecule has 6 heteroatoms. The van der Waals surface area contributed by atoms with Crippen LogP contribution in [0.3, 0.4) is 0 Å². The average Bonchev–Trinajstić information content (AvgIpc) is 3.00.